The first-order valence-corrected chi connectivity index (χ1v) is 8.31. The van der Waals surface area contributed by atoms with Gasteiger partial charge in [0.25, 0.3) is 5.91 Å². The number of benzene rings is 2. The Hall–Kier alpha value is -2.06. The SMILES string of the molecule is Cc1cc(Br)cc(Br)c1OCC(=O)Nc1ccc(C(=O)O)c(O)c1. The van der Waals surface area contributed by atoms with Gasteiger partial charge in [-0.1, -0.05) is 15.9 Å². The summed E-state index contributed by atoms with van der Waals surface area (Å²) in [5, 5.41) is 21.0. The molecule has 0 unspecified atom stereocenters. The van der Waals surface area contributed by atoms with Crippen LogP contribution < -0.4 is 10.1 Å². The van der Waals surface area contributed by atoms with Crippen molar-refractivity contribution in [2.24, 2.45) is 0 Å². The largest absolute Gasteiger partial charge is 0.507 e. The molecule has 0 spiro atoms. The molecule has 126 valence electrons. The van der Waals surface area contributed by atoms with E-state index in [0.29, 0.717) is 10.2 Å². The Bertz CT molecular complexity index is 784. The van der Waals surface area contributed by atoms with Crippen LogP contribution in [0.3, 0.4) is 0 Å². The van der Waals surface area contributed by atoms with E-state index < -0.39 is 17.6 Å². The molecule has 0 aliphatic carbocycles. The fourth-order valence-electron chi connectivity index (χ4n) is 2.00. The summed E-state index contributed by atoms with van der Waals surface area (Å²) in [5.41, 5.74) is 0.892. The lowest BCUT2D eigenvalue weighted by molar-refractivity contribution is -0.118. The van der Waals surface area contributed by atoms with E-state index in [1.807, 2.05) is 19.1 Å². The monoisotopic (exact) mass is 457 g/mol. The van der Waals surface area contributed by atoms with E-state index in [9.17, 15) is 14.7 Å². The highest BCUT2D eigenvalue weighted by Crippen LogP contribution is 2.32. The molecule has 2 rings (SSSR count). The third kappa shape index (κ3) is 4.48. The fourth-order valence-corrected chi connectivity index (χ4v) is 3.55. The molecule has 24 heavy (non-hydrogen) atoms. The molecule has 2 aromatic carbocycles. The summed E-state index contributed by atoms with van der Waals surface area (Å²) in [6.07, 6.45) is 0. The van der Waals surface area contributed by atoms with Crippen LogP contribution in [0.15, 0.2) is 39.3 Å². The second-order valence-corrected chi connectivity index (χ2v) is 6.68. The summed E-state index contributed by atoms with van der Waals surface area (Å²) in [4.78, 5) is 22.8. The number of carbonyl (C=O) groups is 2. The number of aromatic carboxylic acids is 1. The number of anilines is 1. The number of carboxylic acid groups (broad SMARTS) is 1. The minimum absolute atomic E-state index is 0.234. The second kappa shape index (κ2) is 7.67. The first-order chi connectivity index (χ1) is 11.3. The van der Waals surface area contributed by atoms with Crippen LogP contribution in [0, 0.1) is 6.92 Å². The minimum atomic E-state index is -1.25. The molecular formula is C16H13Br2NO5. The first-order valence-electron chi connectivity index (χ1n) is 6.72. The van der Waals surface area contributed by atoms with Gasteiger partial charge in [0, 0.05) is 16.2 Å². The van der Waals surface area contributed by atoms with E-state index in [-0.39, 0.29) is 17.9 Å². The summed E-state index contributed by atoms with van der Waals surface area (Å²) >= 11 is 6.73. The third-order valence-electron chi connectivity index (χ3n) is 3.05. The molecule has 6 nitrogen and oxygen atoms in total. The number of halogens is 2. The van der Waals surface area contributed by atoms with E-state index in [2.05, 4.69) is 37.2 Å². The average molecular weight is 459 g/mol. The quantitative estimate of drug-likeness (QED) is 0.630. The molecule has 0 saturated carbocycles. The van der Waals surface area contributed by atoms with Crippen LogP contribution >= 0.6 is 31.9 Å². The minimum Gasteiger partial charge on any atom is -0.507 e. The van der Waals surface area contributed by atoms with E-state index >= 15 is 0 Å². The predicted octanol–water partition coefficient (Wildman–Crippen LogP) is 3.94. The summed E-state index contributed by atoms with van der Waals surface area (Å²) in [5.74, 6) is -1.55. The highest BCUT2D eigenvalue weighted by Gasteiger charge is 2.12. The van der Waals surface area contributed by atoms with Crippen LogP contribution in [0.5, 0.6) is 11.5 Å². The first kappa shape index (κ1) is 18.3. The molecule has 1 amide bonds. The molecule has 0 aromatic heterocycles. The number of amides is 1. The summed E-state index contributed by atoms with van der Waals surface area (Å²) < 4.78 is 7.11. The molecular weight excluding hydrogens is 446 g/mol. The molecule has 0 aliphatic rings. The molecule has 8 heteroatoms. The molecule has 0 fully saturated rings. The topological polar surface area (TPSA) is 95.9 Å². The lowest BCUT2D eigenvalue weighted by Crippen LogP contribution is -2.20. The Morgan fingerprint density at radius 2 is 1.92 bits per heavy atom. The number of rotatable bonds is 5. The zero-order valence-electron chi connectivity index (χ0n) is 12.5. The van der Waals surface area contributed by atoms with Crippen molar-refractivity contribution in [3.63, 3.8) is 0 Å². The van der Waals surface area contributed by atoms with Crippen LogP contribution in [-0.4, -0.2) is 28.7 Å². The lowest BCUT2D eigenvalue weighted by Gasteiger charge is -2.12. The molecule has 0 bridgehead atoms. The summed E-state index contributed by atoms with van der Waals surface area (Å²) in [7, 11) is 0. The summed E-state index contributed by atoms with van der Waals surface area (Å²) in [6, 6.07) is 7.44. The molecule has 0 atom stereocenters. The second-order valence-electron chi connectivity index (χ2n) is 4.91. The third-order valence-corrected chi connectivity index (χ3v) is 4.10. The Balaban J connectivity index is 2.02. The summed E-state index contributed by atoms with van der Waals surface area (Å²) in [6.45, 7) is 1.62. The van der Waals surface area contributed by atoms with Gasteiger partial charge in [0.2, 0.25) is 0 Å². The number of hydrogen-bond acceptors (Lipinski definition) is 4. The van der Waals surface area contributed by atoms with Crippen LogP contribution in [0.1, 0.15) is 15.9 Å². The molecule has 0 saturated heterocycles. The van der Waals surface area contributed by atoms with Crippen LogP contribution in [-0.2, 0) is 4.79 Å². The molecule has 0 heterocycles. The number of hydrogen-bond donors (Lipinski definition) is 3. The van der Waals surface area contributed by atoms with Crippen molar-refractivity contribution in [2.45, 2.75) is 6.92 Å². The van der Waals surface area contributed by atoms with Gasteiger partial charge in [0.05, 0.1) is 4.47 Å². The normalized spacial score (nSPS) is 10.3. The maximum absolute atomic E-state index is 11.9. The van der Waals surface area contributed by atoms with E-state index in [1.54, 1.807) is 0 Å². The average Bonchev–Trinajstić information content (AvgIpc) is 2.45. The highest BCUT2D eigenvalue weighted by molar-refractivity contribution is 9.11. The van der Waals surface area contributed by atoms with E-state index in [0.717, 1.165) is 10.0 Å². The van der Waals surface area contributed by atoms with Gasteiger partial charge >= 0.3 is 5.97 Å². The Labute approximate surface area is 154 Å². The maximum Gasteiger partial charge on any atom is 0.339 e. The number of aryl methyl sites for hydroxylation is 1. The van der Waals surface area contributed by atoms with Crippen LogP contribution in [0.25, 0.3) is 0 Å². The van der Waals surface area contributed by atoms with E-state index in [4.69, 9.17) is 9.84 Å². The maximum atomic E-state index is 11.9. The van der Waals surface area contributed by atoms with Gasteiger partial charge in [-0.15, -0.1) is 0 Å². The standard InChI is InChI=1S/C16H13Br2NO5/c1-8-4-9(17)5-12(18)15(8)24-7-14(21)19-10-2-3-11(16(22)23)13(20)6-10/h2-6,20H,7H2,1H3,(H,19,21)(H,22,23). The predicted molar refractivity (Wildman–Crippen MR) is 95.8 cm³/mol. The van der Waals surface area contributed by atoms with Crippen molar-refractivity contribution >= 4 is 49.4 Å². The molecule has 0 radical (unpaired) electrons. The van der Waals surface area contributed by atoms with Gasteiger partial charge in [-0.2, -0.15) is 0 Å². The van der Waals surface area contributed by atoms with Gasteiger partial charge in [0.15, 0.2) is 6.61 Å². The number of nitrogens with one attached hydrogen (secondary N) is 1. The Morgan fingerprint density at radius 3 is 2.50 bits per heavy atom. The number of carbonyl (C=O) groups excluding carboxylic acids is 1. The van der Waals surface area contributed by atoms with Crippen molar-refractivity contribution < 1.29 is 24.5 Å². The Kier molecular flexibility index (Phi) is 5.84. The fraction of sp³-hybridized carbons (Fsp3) is 0.125. The Morgan fingerprint density at radius 1 is 1.21 bits per heavy atom. The van der Waals surface area contributed by atoms with Crippen molar-refractivity contribution in [1.29, 1.82) is 0 Å². The van der Waals surface area contributed by atoms with Gasteiger partial charge in [-0.05, 0) is 52.7 Å². The number of ether oxygens (including phenoxy) is 1. The van der Waals surface area contributed by atoms with Crippen molar-refractivity contribution in [3.05, 3.63) is 50.4 Å². The van der Waals surface area contributed by atoms with Crippen LogP contribution in [0.2, 0.25) is 0 Å². The lowest BCUT2D eigenvalue weighted by atomic mass is 10.2. The molecule has 3 N–H and O–H groups in total. The van der Waals surface area contributed by atoms with Crippen LogP contribution in [0.4, 0.5) is 5.69 Å². The van der Waals surface area contributed by atoms with Gasteiger partial charge in [-0.25, -0.2) is 4.79 Å². The molecule has 2 aromatic rings. The number of phenols is 1. The molecule has 0 aliphatic heterocycles. The smallest absolute Gasteiger partial charge is 0.339 e. The zero-order chi connectivity index (χ0) is 17.9. The zero-order valence-corrected chi connectivity index (χ0v) is 15.6. The van der Waals surface area contributed by atoms with Gasteiger partial charge < -0.3 is 20.3 Å². The van der Waals surface area contributed by atoms with Gasteiger partial charge in [0.1, 0.15) is 17.1 Å². The number of aromatic hydroxyl groups is 1. The van der Waals surface area contributed by atoms with Gasteiger partial charge in [-0.3, -0.25) is 4.79 Å². The van der Waals surface area contributed by atoms with Crippen molar-refractivity contribution in [2.75, 3.05) is 11.9 Å². The van der Waals surface area contributed by atoms with Crippen molar-refractivity contribution in [3.8, 4) is 11.5 Å². The highest BCUT2D eigenvalue weighted by atomic mass is 79.9. The van der Waals surface area contributed by atoms with Crippen molar-refractivity contribution in [1.82, 2.24) is 0 Å². The number of carboxylic acids is 1. The van der Waals surface area contributed by atoms with E-state index in [1.165, 1.54) is 18.2 Å².